The predicted molar refractivity (Wildman–Crippen MR) is 89.0 cm³/mol. The second-order valence-corrected chi connectivity index (χ2v) is 5.10. The van der Waals surface area contributed by atoms with E-state index in [-0.39, 0.29) is 5.91 Å². The lowest BCUT2D eigenvalue weighted by molar-refractivity contribution is 0.102. The van der Waals surface area contributed by atoms with Crippen molar-refractivity contribution >= 4 is 22.7 Å². The molecule has 0 radical (unpaired) electrons. The predicted octanol–water partition coefficient (Wildman–Crippen LogP) is 2.40. The molecule has 7 nitrogen and oxygen atoms in total. The molecule has 0 unspecified atom stereocenters. The summed E-state index contributed by atoms with van der Waals surface area (Å²) in [5.41, 5.74) is 1.86. The number of aryl methyl sites for hydroxylation is 1. The normalized spacial score (nSPS) is 10.6. The van der Waals surface area contributed by atoms with Crippen LogP contribution in [0.2, 0.25) is 0 Å². The number of hydrogen-bond donors (Lipinski definition) is 1. The molecule has 3 rings (SSSR count). The highest BCUT2D eigenvalue weighted by molar-refractivity contribution is 6.08. The number of fused-ring (bicyclic) bond motifs is 1. The van der Waals surface area contributed by atoms with Gasteiger partial charge in [0.15, 0.2) is 5.58 Å². The van der Waals surface area contributed by atoms with Gasteiger partial charge in [0, 0.05) is 12.7 Å². The molecule has 0 saturated heterocycles. The number of carbonyl (C=O) groups is 1. The summed E-state index contributed by atoms with van der Waals surface area (Å²) in [5.74, 6) is -0.0238. The third-order valence-corrected chi connectivity index (χ3v) is 3.70. The van der Waals surface area contributed by atoms with Crippen molar-refractivity contribution in [3.05, 3.63) is 52.5 Å². The van der Waals surface area contributed by atoms with E-state index in [9.17, 15) is 9.59 Å². The Labute approximate surface area is 137 Å². The van der Waals surface area contributed by atoms with E-state index in [1.807, 2.05) is 0 Å². The number of hydrogen-bond acceptors (Lipinski definition) is 5. The van der Waals surface area contributed by atoms with Crippen molar-refractivity contribution in [1.29, 1.82) is 0 Å². The number of carbonyl (C=O) groups excluding carboxylic acids is 1. The first-order chi connectivity index (χ1) is 11.5. The van der Waals surface area contributed by atoms with Gasteiger partial charge < -0.3 is 19.2 Å². The Balaban J connectivity index is 1.98. The maximum Gasteiger partial charge on any atom is 0.419 e. The average Bonchev–Trinajstić information content (AvgIpc) is 2.88. The lowest BCUT2D eigenvalue weighted by Gasteiger charge is -2.13. The van der Waals surface area contributed by atoms with Crippen molar-refractivity contribution in [3.63, 3.8) is 0 Å². The third kappa shape index (κ3) is 2.60. The summed E-state index contributed by atoms with van der Waals surface area (Å²) < 4.78 is 16.9. The van der Waals surface area contributed by atoms with Crippen molar-refractivity contribution in [2.45, 2.75) is 0 Å². The van der Waals surface area contributed by atoms with Gasteiger partial charge in [0.05, 0.1) is 19.7 Å². The first-order valence-electron chi connectivity index (χ1n) is 7.17. The SMILES string of the molecule is COc1cccc(OC)c1C(=O)Nc1ccc2oc(=O)n(C)c2c1. The average molecular weight is 328 g/mol. The lowest BCUT2D eigenvalue weighted by Crippen LogP contribution is -2.14. The topological polar surface area (TPSA) is 82.7 Å². The van der Waals surface area contributed by atoms with Crippen LogP contribution in [0, 0.1) is 0 Å². The number of benzene rings is 2. The number of aromatic nitrogens is 1. The van der Waals surface area contributed by atoms with Gasteiger partial charge in [-0.3, -0.25) is 9.36 Å². The summed E-state index contributed by atoms with van der Waals surface area (Å²) >= 11 is 0. The zero-order chi connectivity index (χ0) is 17.3. The second-order valence-electron chi connectivity index (χ2n) is 5.10. The minimum atomic E-state index is -0.458. The van der Waals surface area contributed by atoms with Crippen LogP contribution in [-0.2, 0) is 7.05 Å². The number of anilines is 1. The van der Waals surface area contributed by atoms with Crippen LogP contribution in [-0.4, -0.2) is 24.7 Å². The fraction of sp³-hybridized carbons (Fsp3) is 0.176. The molecule has 0 saturated carbocycles. The first-order valence-corrected chi connectivity index (χ1v) is 7.17. The molecule has 0 bridgehead atoms. The Morgan fingerprint density at radius 1 is 1.12 bits per heavy atom. The molecule has 3 aromatic rings. The molecule has 1 aromatic heterocycles. The van der Waals surface area contributed by atoms with E-state index < -0.39 is 5.76 Å². The van der Waals surface area contributed by atoms with Crippen molar-refractivity contribution < 1.29 is 18.7 Å². The number of nitrogens with one attached hydrogen (secondary N) is 1. The molecule has 0 aliphatic carbocycles. The fourth-order valence-electron chi connectivity index (χ4n) is 2.47. The van der Waals surface area contributed by atoms with Gasteiger partial charge in [0.1, 0.15) is 17.1 Å². The maximum atomic E-state index is 12.6. The monoisotopic (exact) mass is 328 g/mol. The van der Waals surface area contributed by atoms with Crippen LogP contribution in [0.3, 0.4) is 0 Å². The van der Waals surface area contributed by atoms with Gasteiger partial charge in [0.25, 0.3) is 5.91 Å². The van der Waals surface area contributed by atoms with Crippen molar-refractivity contribution in [1.82, 2.24) is 4.57 Å². The van der Waals surface area contributed by atoms with Gasteiger partial charge in [-0.2, -0.15) is 0 Å². The molecule has 0 fully saturated rings. The van der Waals surface area contributed by atoms with E-state index in [1.165, 1.54) is 18.8 Å². The van der Waals surface area contributed by atoms with Crippen LogP contribution in [0.4, 0.5) is 5.69 Å². The summed E-state index contributed by atoms with van der Waals surface area (Å²) in [7, 11) is 4.57. The molecular formula is C17H16N2O5. The molecule has 0 aliphatic heterocycles. The number of methoxy groups -OCH3 is 2. The van der Waals surface area contributed by atoms with Crippen LogP contribution in [0.5, 0.6) is 11.5 Å². The Morgan fingerprint density at radius 3 is 2.42 bits per heavy atom. The van der Waals surface area contributed by atoms with Crippen LogP contribution in [0.25, 0.3) is 11.1 Å². The minimum Gasteiger partial charge on any atom is -0.496 e. The second kappa shape index (κ2) is 6.11. The maximum absolute atomic E-state index is 12.6. The van der Waals surface area contributed by atoms with Crippen LogP contribution >= 0.6 is 0 Å². The minimum absolute atomic E-state index is 0.295. The number of rotatable bonds is 4. The van der Waals surface area contributed by atoms with E-state index in [0.29, 0.717) is 33.8 Å². The molecular weight excluding hydrogens is 312 g/mol. The highest BCUT2D eigenvalue weighted by Crippen LogP contribution is 2.29. The standard InChI is InChI=1S/C17H16N2O5/c1-19-11-9-10(7-8-12(11)24-17(19)21)18-16(20)15-13(22-2)5-4-6-14(15)23-3/h4-9H,1-3H3,(H,18,20). The smallest absolute Gasteiger partial charge is 0.419 e. The van der Waals surface area contributed by atoms with Crippen LogP contribution < -0.4 is 20.5 Å². The van der Waals surface area contributed by atoms with Gasteiger partial charge in [-0.05, 0) is 30.3 Å². The van der Waals surface area contributed by atoms with Crippen LogP contribution in [0.15, 0.2) is 45.6 Å². The number of ether oxygens (including phenoxy) is 2. The molecule has 1 amide bonds. The number of amides is 1. The molecule has 124 valence electrons. The summed E-state index contributed by atoms with van der Waals surface area (Å²) in [6, 6.07) is 10.1. The lowest BCUT2D eigenvalue weighted by atomic mass is 10.1. The zero-order valence-corrected chi connectivity index (χ0v) is 13.5. The van der Waals surface area contributed by atoms with E-state index in [4.69, 9.17) is 13.9 Å². The largest absolute Gasteiger partial charge is 0.496 e. The van der Waals surface area contributed by atoms with E-state index in [0.717, 1.165) is 0 Å². The van der Waals surface area contributed by atoms with Crippen molar-refractivity contribution in [3.8, 4) is 11.5 Å². The van der Waals surface area contributed by atoms with Crippen LogP contribution in [0.1, 0.15) is 10.4 Å². The zero-order valence-electron chi connectivity index (χ0n) is 13.5. The van der Waals surface area contributed by atoms with E-state index in [2.05, 4.69) is 5.32 Å². The highest BCUT2D eigenvalue weighted by Gasteiger charge is 2.18. The van der Waals surface area contributed by atoms with Crippen molar-refractivity contribution in [2.24, 2.45) is 7.05 Å². The Morgan fingerprint density at radius 2 is 1.79 bits per heavy atom. The summed E-state index contributed by atoms with van der Waals surface area (Å²) in [4.78, 5) is 24.2. The van der Waals surface area contributed by atoms with Gasteiger partial charge in [-0.1, -0.05) is 6.07 Å². The molecule has 7 heteroatoms. The Hall–Kier alpha value is -3.22. The molecule has 1 heterocycles. The van der Waals surface area contributed by atoms with Gasteiger partial charge in [-0.15, -0.1) is 0 Å². The summed E-state index contributed by atoms with van der Waals surface area (Å²) in [6.07, 6.45) is 0. The molecule has 0 aliphatic rings. The third-order valence-electron chi connectivity index (χ3n) is 3.70. The van der Waals surface area contributed by atoms with Crippen molar-refractivity contribution in [2.75, 3.05) is 19.5 Å². The number of nitrogens with zero attached hydrogens (tertiary/aromatic N) is 1. The quantitative estimate of drug-likeness (QED) is 0.795. The molecule has 2 aromatic carbocycles. The summed E-state index contributed by atoms with van der Waals surface area (Å²) in [5, 5.41) is 2.78. The fourth-order valence-corrected chi connectivity index (χ4v) is 2.47. The van der Waals surface area contributed by atoms with Gasteiger partial charge in [0.2, 0.25) is 0 Å². The highest BCUT2D eigenvalue weighted by atomic mass is 16.5. The molecule has 1 N–H and O–H groups in total. The van der Waals surface area contributed by atoms with E-state index >= 15 is 0 Å². The van der Waals surface area contributed by atoms with Gasteiger partial charge in [-0.25, -0.2) is 4.79 Å². The van der Waals surface area contributed by atoms with Gasteiger partial charge >= 0.3 is 5.76 Å². The molecule has 0 spiro atoms. The Kier molecular flexibility index (Phi) is 3.99. The summed E-state index contributed by atoms with van der Waals surface area (Å²) in [6.45, 7) is 0. The van der Waals surface area contributed by atoms with E-state index in [1.54, 1.807) is 43.4 Å². The molecule has 0 atom stereocenters. The number of oxazole rings is 1. The first kappa shape index (κ1) is 15.7. The molecule has 24 heavy (non-hydrogen) atoms. The Bertz CT molecular complexity index is 949.